The van der Waals surface area contributed by atoms with Gasteiger partial charge in [-0.1, -0.05) is 48.6 Å². The van der Waals surface area contributed by atoms with Gasteiger partial charge >= 0.3 is 0 Å². The Morgan fingerprint density at radius 1 is 0.952 bits per heavy atom. The maximum atomic E-state index is 10.2. The van der Waals surface area contributed by atoms with Crippen LogP contribution in [0.1, 0.15) is 22.8 Å². The van der Waals surface area contributed by atoms with Crippen LogP contribution in [0.15, 0.2) is 48.5 Å². The summed E-state index contributed by atoms with van der Waals surface area (Å²) >= 11 is 0. The SMILES string of the molecule is Cc1c2ccccc2cc2ccc3c(c12)C=C[C@H](O)[C@H]3O. The van der Waals surface area contributed by atoms with Gasteiger partial charge in [-0.05, 0) is 51.2 Å². The van der Waals surface area contributed by atoms with Crippen molar-refractivity contribution in [3.8, 4) is 0 Å². The minimum absolute atomic E-state index is 0.802. The van der Waals surface area contributed by atoms with E-state index in [0.717, 1.165) is 21.9 Å². The van der Waals surface area contributed by atoms with E-state index in [4.69, 9.17) is 0 Å². The summed E-state index contributed by atoms with van der Waals surface area (Å²) in [6.45, 7) is 2.12. The molecule has 0 radical (unpaired) electrons. The second kappa shape index (κ2) is 4.42. The molecule has 104 valence electrons. The number of benzene rings is 3. The molecule has 2 atom stereocenters. The monoisotopic (exact) mass is 276 g/mol. The van der Waals surface area contributed by atoms with Gasteiger partial charge in [0.25, 0.3) is 0 Å². The van der Waals surface area contributed by atoms with Crippen LogP contribution in [0.25, 0.3) is 27.6 Å². The van der Waals surface area contributed by atoms with Crippen LogP contribution in [0.5, 0.6) is 0 Å². The Kier molecular flexibility index (Phi) is 2.64. The van der Waals surface area contributed by atoms with Crippen LogP contribution >= 0.6 is 0 Å². The van der Waals surface area contributed by atoms with Crippen molar-refractivity contribution < 1.29 is 10.2 Å². The fourth-order valence-electron chi connectivity index (χ4n) is 3.38. The molecule has 2 heteroatoms. The third-order valence-corrected chi connectivity index (χ3v) is 4.46. The maximum Gasteiger partial charge on any atom is 0.109 e. The van der Waals surface area contributed by atoms with E-state index in [2.05, 4.69) is 25.1 Å². The van der Waals surface area contributed by atoms with Crippen molar-refractivity contribution in [2.24, 2.45) is 0 Å². The van der Waals surface area contributed by atoms with Crippen molar-refractivity contribution in [1.82, 2.24) is 0 Å². The first-order chi connectivity index (χ1) is 10.2. The molecule has 1 aliphatic rings. The Hall–Kier alpha value is -2.16. The molecule has 2 N–H and O–H groups in total. The van der Waals surface area contributed by atoms with Gasteiger partial charge in [-0.25, -0.2) is 0 Å². The molecule has 3 aromatic carbocycles. The van der Waals surface area contributed by atoms with Crippen molar-refractivity contribution >= 4 is 27.6 Å². The summed E-state index contributed by atoms with van der Waals surface area (Å²) in [6.07, 6.45) is 1.92. The summed E-state index contributed by atoms with van der Waals surface area (Å²) < 4.78 is 0. The first-order valence-corrected chi connectivity index (χ1v) is 7.16. The minimum Gasteiger partial charge on any atom is -0.386 e. The highest BCUT2D eigenvalue weighted by molar-refractivity contribution is 6.06. The summed E-state index contributed by atoms with van der Waals surface area (Å²) in [5, 5.41) is 24.8. The van der Waals surface area contributed by atoms with E-state index in [1.54, 1.807) is 6.08 Å². The van der Waals surface area contributed by atoms with Gasteiger partial charge in [0.15, 0.2) is 0 Å². The summed E-state index contributed by atoms with van der Waals surface area (Å²) in [7, 11) is 0. The third kappa shape index (κ3) is 1.73. The molecule has 0 amide bonds. The van der Waals surface area contributed by atoms with Crippen molar-refractivity contribution in [3.05, 3.63) is 65.2 Å². The molecule has 0 heterocycles. The zero-order chi connectivity index (χ0) is 14.6. The molecule has 0 aromatic heterocycles. The Morgan fingerprint density at radius 2 is 1.76 bits per heavy atom. The molecule has 0 aliphatic heterocycles. The quantitative estimate of drug-likeness (QED) is 0.614. The van der Waals surface area contributed by atoms with Gasteiger partial charge < -0.3 is 10.2 Å². The van der Waals surface area contributed by atoms with Crippen molar-refractivity contribution in [2.45, 2.75) is 19.1 Å². The Morgan fingerprint density at radius 3 is 2.62 bits per heavy atom. The Labute approximate surface area is 123 Å². The molecule has 0 saturated heterocycles. The van der Waals surface area contributed by atoms with Crippen LogP contribution in [0, 0.1) is 6.92 Å². The average Bonchev–Trinajstić information content (AvgIpc) is 2.51. The zero-order valence-electron chi connectivity index (χ0n) is 11.7. The number of aliphatic hydroxyl groups is 2. The number of rotatable bonds is 0. The highest BCUT2D eigenvalue weighted by Crippen LogP contribution is 2.37. The lowest BCUT2D eigenvalue weighted by atomic mass is 9.86. The normalized spacial score (nSPS) is 20.9. The van der Waals surface area contributed by atoms with Crippen LogP contribution in [-0.2, 0) is 0 Å². The molecule has 3 aromatic rings. The predicted octanol–water partition coefficient (Wildman–Crippen LogP) is 3.72. The molecule has 1 aliphatic carbocycles. The van der Waals surface area contributed by atoms with Gasteiger partial charge in [-0.3, -0.25) is 0 Å². The molecule has 0 unspecified atom stereocenters. The maximum absolute atomic E-state index is 10.2. The lowest BCUT2D eigenvalue weighted by molar-refractivity contribution is 0.0471. The van der Waals surface area contributed by atoms with Gasteiger partial charge in [-0.2, -0.15) is 0 Å². The van der Waals surface area contributed by atoms with Crippen molar-refractivity contribution in [1.29, 1.82) is 0 Å². The number of hydrogen-bond acceptors (Lipinski definition) is 2. The summed E-state index contributed by atoms with van der Waals surface area (Å²) in [6, 6.07) is 14.5. The fraction of sp³-hybridized carbons (Fsp3) is 0.158. The molecule has 4 rings (SSSR count). The third-order valence-electron chi connectivity index (χ3n) is 4.46. The van der Waals surface area contributed by atoms with E-state index in [9.17, 15) is 10.2 Å². The van der Waals surface area contributed by atoms with E-state index in [1.165, 1.54) is 16.3 Å². The lowest BCUT2D eigenvalue weighted by Crippen LogP contribution is -2.19. The summed E-state index contributed by atoms with van der Waals surface area (Å²) in [5.74, 6) is 0. The van der Waals surface area contributed by atoms with Crippen LogP contribution in [0.4, 0.5) is 0 Å². The van der Waals surface area contributed by atoms with E-state index in [-0.39, 0.29) is 0 Å². The Balaban J connectivity index is 2.16. The van der Waals surface area contributed by atoms with Crippen molar-refractivity contribution in [2.75, 3.05) is 0 Å². The fourth-order valence-corrected chi connectivity index (χ4v) is 3.38. The van der Waals surface area contributed by atoms with Gasteiger partial charge in [0.2, 0.25) is 0 Å². The zero-order valence-corrected chi connectivity index (χ0v) is 11.7. The van der Waals surface area contributed by atoms with Crippen LogP contribution in [0.3, 0.4) is 0 Å². The van der Waals surface area contributed by atoms with Crippen LogP contribution in [-0.4, -0.2) is 16.3 Å². The second-order valence-electron chi connectivity index (χ2n) is 5.68. The molecule has 21 heavy (non-hydrogen) atoms. The van der Waals surface area contributed by atoms with E-state index >= 15 is 0 Å². The predicted molar refractivity (Wildman–Crippen MR) is 86.2 cm³/mol. The van der Waals surface area contributed by atoms with Crippen molar-refractivity contribution in [3.63, 3.8) is 0 Å². The van der Waals surface area contributed by atoms with Crippen LogP contribution in [0.2, 0.25) is 0 Å². The standard InChI is InChI=1S/C19H16O2/c1-11-14-5-3-2-4-12(14)10-13-6-7-16-15(18(11)13)8-9-17(20)19(16)21/h2-10,17,19-21H,1H3/t17-,19-/m0/s1. The molecule has 2 nitrogen and oxygen atoms in total. The summed E-state index contributed by atoms with van der Waals surface area (Å²) in [5.41, 5.74) is 3.04. The molecule has 0 bridgehead atoms. The van der Waals surface area contributed by atoms with E-state index < -0.39 is 12.2 Å². The number of aliphatic hydroxyl groups excluding tert-OH is 2. The second-order valence-corrected chi connectivity index (χ2v) is 5.68. The van der Waals surface area contributed by atoms with Crippen LogP contribution < -0.4 is 0 Å². The van der Waals surface area contributed by atoms with Gasteiger partial charge in [0.1, 0.15) is 12.2 Å². The first kappa shape index (κ1) is 12.6. The first-order valence-electron chi connectivity index (χ1n) is 7.16. The lowest BCUT2D eigenvalue weighted by Gasteiger charge is -2.24. The smallest absolute Gasteiger partial charge is 0.109 e. The number of aryl methyl sites for hydroxylation is 1. The highest BCUT2D eigenvalue weighted by Gasteiger charge is 2.24. The van der Waals surface area contributed by atoms with Gasteiger partial charge in [-0.15, -0.1) is 0 Å². The van der Waals surface area contributed by atoms with Gasteiger partial charge in [0.05, 0.1) is 0 Å². The highest BCUT2D eigenvalue weighted by atomic mass is 16.3. The molecular formula is C19H16O2. The average molecular weight is 276 g/mol. The molecule has 0 saturated carbocycles. The Bertz CT molecular complexity index is 893. The molecule has 0 fully saturated rings. The van der Waals surface area contributed by atoms with E-state index in [0.29, 0.717) is 0 Å². The minimum atomic E-state index is -0.847. The van der Waals surface area contributed by atoms with E-state index in [1.807, 2.05) is 30.3 Å². The topological polar surface area (TPSA) is 40.5 Å². The number of hydrogen-bond donors (Lipinski definition) is 2. The number of fused-ring (bicyclic) bond motifs is 4. The van der Waals surface area contributed by atoms with Gasteiger partial charge in [0, 0.05) is 0 Å². The summed E-state index contributed by atoms with van der Waals surface area (Å²) in [4.78, 5) is 0. The molecular weight excluding hydrogens is 260 g/mol. The largest absolute Gasteiger partial charge is 0.386 e. The molecule has 0 spiro atoms.